The van der Waals surface area contributed by atoms with Crippen molar-refractivity contribution < 1.29 is 28.6 Å². The topological polar surface area (TPSA) is 94.2 Å². The molecule has 3 rings (SSSR count). The summed E-state index contributed by atoms with van der Waals surface area (Å²) in [6.45, 7) is 1.56. The number of amides is 2. The van der Waals surface area contributed by atoms with Crippen molar-refractivity contribution in [1.82, 2.24) is 5.43 Å². The quantitative estimate of drug-likeness (QED) is 0.457. The van der Waals surface area contributed by atoms with Gasteiger partial charge in [-0.05, 0) is 42.8 Å². The summed E-state index contributed by atoms with van der Waals surface area (Å²) in [4.78, 5) is 36.5. The van der Waals surface area contributed by atoms with Gasteiger partial charge in [-0.2, -0.15) is 0 Å². The van der Waals surface area contributed by atoms with Crippen LogP contribution in [0.4, 0.5) is 5.69 Å². The number of benzene rings is 2. The smallest absolute Gasteiger partial charge is 0.346 e. The zero-order valence-electron chi connectivity index (χ0n) is 16.2. The second-order valence-electron chi connectivity index (χ2n) is 6.17. The van der Waals surface area contributed by atoms with Crippen LogP contribution in [0.3, 0.4) is 0 Å². The van der Waals surface area contributed by atoms with Crippen LogP contribution in [-0.2, 0) is 19.1 Å². The Morgan fingerprint density at radius 3 is 2.45 bits per heavy atom. The van der Waals surface area contributed by atoms with E-state index in [1.54, 1.807) is 49.4 Å². The highest BCUT2D eigenvalue weighted by molar-refractivity contribution is 6.31. The molecule has 8 heteroatoms. The van der Waals surface area contributed by atoms with Crippen molar-refractivity contribution in [3.05, 3.63) is 59.7 Å². The molecule has 1 saturated heterocycles. The molecule has 0 bridgehead atoms. The molecule has 0 aromatic heterocycles. The Balaban J connectivity index is 1.85. The Morgan fingerprint density at radius 2 is 1.79 bits per heavy atom. The minimum atomic E-state index is -0.820. The highest BCUT2D eigenvalue weighted by Crippen LogP contribution is 2.30. The fraction of sp³-hybridized carbons (Fsp3) is 0.190. The average molecular weight is 396 g/mol. The molecule has 1 aliphatic rings. The molecular weight excluding hydrogens is 376 g/mol. The third-order valence-electron chi connectivity index (χ3n) is 4.24. The monoisotopic (exact) mass is 396 g/mol. The molecule has 0 unspecified atom stereocenters. The molecule has 2 aromatic rings. The zero-order valence-corrected chi connectivity index (χ0v) is 16.2. The van der Waals surface area contributed by atoms with Crippen molar-refractivity contribution in [2.45, 2.75) is 13.0 Å². The fourth-order valence-electron chi connectivity index (χ4n) is 2.76. The van der Waals surface area contributed by atoms with Gasteiger partial charge in [-0.1, -0.05) is 24.3 Å². The predicted molar refractivity (Wildman–Crippen MR) is 105 cm³/mol. The molecule has 0 aliphatic carbocycles. The largest absolute Gasteiger partial charge is 0.493 e. The number of esters is 1. The number of hydrogen-bond donors (Lipinski definition) is 1. The second kappa shape index (κ2) is 8.47. The Morgan fingerprint density at radius 1 is 1.07 bits per heavy atom. The number of nitrogens with one attached hydrogen (secondary N) is 1. The lowest BCUT2D eigenvalue weighted by atomic mass is 10.1. The Kier molecular flexibility index (Phi) is 5.82. The number of carbonyl (C=O) groups excluding carboxylic acids is 3. The van der Waals surface area contributed by atoms with Gasteiger partial charge in [0.1, 0.15) is 5.57 Å². The van der Waals surface area contributed by atoms with Crippen LogP contribution in [0.25, 0.3) is 6.08 Å². The van der Waals surface area contributed by atoms with Gasteiger partial charge >= 0.3 is 5.97 Å². The van der Waals surface area contributed by atoms with Gasteiger partial charge in [0.25, 0.3) is 11.8 Å². The van der Waals surface area contributed by atoms with E-state index in [0.29, 0.717) is 22.7 Å². The van der Waals surface area contributed by atoms with Crippen LogP contribution in [0.2, 0.25) is 0 Å². The summed E-state index contributed by atoms with van der Waals surface area (Å²) in [6, 6.07) is 13.7. The van der Waals surface area contributed by atoms with Crippen molar-refractivity contribution >= 4 is 29.5 Å². The Labute approximate surface area is 167 Å². The molecule has 0 saturated carbocycles. The predicted octanol–water partition coefficient (Wildman–Crippen LogP) is 2.10. The lowest BCUT2D eigenvalue weighted by Crippen LogP contribution is -2.35. The first-order chi connectivity index (χ1) is 13.9. The summed E-state index contributed by atoms with van der Waals surface area (Å²) in [6.07, 6.45) is 0.649. The van der Waals surface area contributed by atoms with E-state index >= 15 is 0 Å². The van der Waals surface area contributed by atoms with Gasteiger partial charge in [0, 0.05) is 0 Å². The van der Waals surface area contributed by atoms with E-state index in [9.17, 15) is 14.4 Å². The lowest BCUT2D eigenvalue weighted by Gasteiger charge is -2.15. The molecule has 2 amide bonds. The number of anilines is 1. The molecule has 1 N–H and O–H groups in total. The molecule has 1 aliphatic heterocycles. The van der Waals surface area contributed by atoms with Crippen molar-refractivity contribution in [3.8, 4) is 11.5 Å². The third-order valence-corrected chi connectivity index (χ3v) is 4.24. The minimum absolute atomic E-state index is 0.00694. The summed E-state index contributed by atoms with van der Waals surface area (Å²) >= 11 is 0. The van der Waals surface area contributed by atoms with Crippen LogP contribution in [0.1, 0.15) is 12.5 Å². The van der Waals surface area contributed by atoms with Gasteiger partial charge in [0.2, 0.25) is 0 Å². The summed E-state index contributed by atoms with van der Waals surface area (Å²) < 4.78 is 15.5. The van der Waals surface area contributed by atoms with Crippen LogP contribution < -0.4 is 19.9 Å². The summed E-state index contributed by atoms with van der Waals surface area (Å²) in [5.41, 5.74) is 3.66. The number of nitrogens with zero attached hydrogens (tertiary/aromatic N) is 1. The van der Waals surface area contributed by atoms with Crippen molar-refractivity contribution in [1.29, 1.82) is 0 Å². The number of hydrazine groups is 1. The van der Waals surface area contributed by atoms with E-state index in [2.05, 4.69) is 10.2 Å². The number of carbonyl (C=O) groups is 3. The number of para-hydroxylation sites is 1. The lowest BCUT2D eigenvalue weighted by molar-refractivity contribution is -0.148. The maximum atomic E-state index is 12.7. The highest BCUT2D eigenvalue weighted by atomic mass is 16.6. The van der Waals surface area contributed by atoms with E-state index in [0.717, 1.165) is 0 Å². The number of hydrogen-bond acceptors (Lipinski definition) is 6. The van der Waals surface area contributed by atoms with E-state index in [1.165, 1.54) is 25.3 Å². The third kappa shape index (κ3) is 4.21. The van der Waals surface area contributed by atoms with Crippen molar-refractivity contribution in [3.63, 3.8) is 0 Å². The molecule has 0 spiro atoms. The van der Waals surface area contributed by atoms with Gasteiger partial charge in [0.15, 0.2) is 17.6 Å². The van der Waals surface area contributed by atoms with Crippen molar-refractivity contribution in [2.75, 3.05) is 19.2 Å². The van der Waals surface area contributed by atoms with Crippen LogP contribution in [-0.4, -0.2) is 38.1 Å². The Hall–Kier alpha value is -3.81. The minimum Gasteiger partial charge on any atom is -0.493 e. The average Bonchev–Trinajstić information content (AvgIpc) is 3.02. The summed E-state index contributed by atoms with van der Waals surface area (Å²) in [5, 5.41) is 1.20. The van der Waals surface area contributed by atoms with Crippen LogP contribution >= 0.6 is 0 Å². The maximum Gasteiger partial charge on any atom is 0.346 e. The molecule has 2 aromatic carbocycles. The van der Waals surface area contributed by atoms with Gasteiger partial charge < -0.3 is 14.2 Å². The van der Waals surface area contributed by atoms with Gasteiger partial charge in [0.05, 0.1) is 19.9 Å². The molecule has 1 heterocycles. The normalized spacial score (nSPS) is 15.8. The number of rotatable bonds is 6. The fourth-order valence-corrected chi connectivity index (χ4v) is 2.76. The molecule has 150 valence electrons. The molecular formula is C21H20N2O6. The van der Waals surface area contributed by atoms with E-state index in [1.807, 2.05) is 6.07 Å². The molecule has 8 nitrogen and oxygen atoms in total. The van der Waals surface area contributed by atoms with Gasteiger partial charge in [-0.25, -0.2) is 9.80 Å². The van der Waals surface area contributed by atoms with E-state index in [-0.39, 0.29) is 5.57 Å². The summed E-state index contributed by atoms with van der Waals surface area (Å²) in [5.74, 6) is -0.800. The zero-order chi connectivity index (χ0) is 21.0. The standard InChI is InChI=1S/C21H20N2O6/c1-13(21(26)28-3)29-17-10-9-14(12-18(17)27-2)11-16-19(24)22-23(20(16)25)15-7-5-4-6-8-15/h4-13H,1-3H3,(H,22,24)/b16-11-/t13-/m0/s1. The molecule has 1 fully saturated rings. The maximum absolute atomic E-state index is 12.7. The SMILES string of the molecule is COC(=O)[C@H](C)Oc1ccc(/C=C2/C(=O)NN(c3ccccc3)C2=O)cc1OC. The molecule has 29 heavy (non-hydrogen) atoms. The first-order valence-electron chi connectivity index (χ1n) is 8.79. The first-order valence-corrected chi connectivity index (χ1v) is 8.79. The van der Waals surface area contributed by atoms with Crippen LogP contribution in [0, 0.1) is 0 Å². The van der Waals surface area contributed by atoms with Gasteiger partial charge in [-0.3, -0.25) is 15.0 Å². The van der Waals surface area contributed by atoms with Crippen LogP contribution in [0.15, 0.2) is 54.1 Å². The van der Waals surface area contributed by atoms with Crippen LogP contribution in [0.5, 0.6) is 11.5 Å². The summed E-state index contributed by atoms with van der Waals surface area (Å²) in [7, 11) is 2.73. The number of methoxy groups -OCH3 is 2. The first kappa shape index (κ1) is 19.9. The van der Waals surface area contributed by atoms with Gasteiger partial charge in [-0.15, -0.1) is 0 Å². The van der Waals surface area contributed by atoms with Crippen molar-refractivity contribution in [2.24, 2.45) is 0 Å². The number of ether oxygens (including phenoxy) is 3. The van der Waals surface area contributed by atoms with E-state index in [4.69, 9.17) is 9.47 Å². The van der Waals surface area contributed by atoms with E-state index < -0.39 is 23.9 Å². The Bertz CT molecular complexity index is 970. The highest BCUT2D eigenvalue weighted by Gasteiger charge is 2.34. The molecule has 1 atom stereocenters. The second-order valence-corrected chi connectivity index (χ2v) is 6.17. The molecule has 0 radical (unpaired) electrons.